The van der Waals surface area contributed by atoms with Gasteiger partial charge in [0.1, 0.15) is 17.8 Å². The first-order valence-corrected chi connectivity index (χ1v) is 8.18. The van der Waals surface area contributed by atoms with E-state index in [1.165, 1.54) is 6.33 Å². The van der Waals surface area contributed by atoms with Gasteiger partial charge < -0.3 is 9.80 Å². The molecule has 0 radical (unpaired) electrons. The number of hydrogen-bond acceptors (Lipinski definition) is 4. The highest BCUT2D eigenvalue weighted by Crippen LogP contribution is 2.23. The molecular weight excluding hydrogens is 312 g/mol. The van der Waals surface area contributed by atoms with Gasteiger partial charge in [-0.1, -0.05) is 36.4 Å². The quantitative estimate of drug-likeness (QED) is 0.711. The van der Waals surface area contributed by atoms with Crippen molar-refractivity contribution >= 4 is 23.1 Å². The van der Waals surface area contributed by atoms with Crippen LogP contribution in [0.1, 0.15) is 17.4 Å². The van der Waals surface area contributed by atoms with Crippen LogP contribution in [-0.4, -0.2) is 29.5 Å². The molecule has 0 saturated heterocycles. The molecule has 1 aromatic heterocycles. The minimum atomic E-state index is -0.168. The van der Waals surface area contributed by atoms with Gasteiger partial charge in [-0.15, -0.1) is 0 Å². The third kappa shape index (κ3) is 3.66. The second-order valence-electron chi connectivity index (χ2n) is 5.54. The smallest absolute Gasteiger partial charge is 0.276 e. The number of rotatable bonds is 5. The SMILES string of the molecule is CCN(c1ccccc1)c1cc(C(=O)N(C)c2ccccc2)ncn1. The third-order valence-electron chi connectivity index (χ3n) is 3.98. The van der Waals surface area contributed by atoms with Gasteiger partial charge in [0.15, 0.2) is 0 Å². The molecule has 2 aromatic carbocycles. The van der Waals surface area contributed by atoms with Crippen LogP contribution >= 0.6 is 0 Å². The van der Waals surface area contributed by atoms with Crippen LogP contribution in [0, 0.1) is 0 Å². The Balaban J connectivity index is 1.89. The largest absolute Gasteiger partial charge is 0.327 e. The molecule has 126 valence electrons. The van der Waals surface area contributed by atoms with Gasteiger partial charge in [-0.05, 0) is 31.2 Å². The fraction of sp³-hybridized carbons (Fsp3) is 0.150. The van der Waals surface area contributed by atoms with E-state index >= 15 is 0 Å². The van der Waals surface area contributed by atoms with Gasteiger partial charge in [-0.3, -0.25) is 4.79 Å². The van der Waals surface area contributed by atoms with Crippen LogP contribution in [0.3, 0.4) is 0 Å². The highest BCUT2D eigenvalue weighted by atomic mass is 16.2. The number of benzene rings is 2. The number of carbonyl (C=O) groups is 1. The van der Waals surface area contributed by atoms with Crippen LogP contribution in [-0.2, 0) is 0 Å². The minimum Gasteiger partial charge on any atom is -0.327 e. The predicted molar refractivity (Wildman–Crippen MR) is 100 cm³/mol. The van der Waals surface area contributed by atoms with E-state index in [0.717, 1.165) is 17.9 Å². The van der Waals surface area contributed by atoms with Crippen molar-refractivity contribution in [2.45, 2.75) is 6.92 Å². The number of aromatic nitrogens is 2. The Hall–Kier alpha value is -3.21. The van der Waals surface area contributed by atoms with Crippen LogP contribution < -0.4 is 9.80 Å². The Bertz CT molecular complexity index is 837. The van der Waals surface area contributed by atoms with E-state index in [9.17, 15) is 4.79 Å². The van der Waals surface area contributed by atoms with Crippen molar-refractivity contribution in [3.63, 3.8) is 0 Å². The Kier molecular flexibility index (Phi) is 5.04. The summed E-state index contributed by atoms with van der Waals surface area (Å²) in [6.07, 6.45) is 1.44. The summed E-state index contributed by atoms with van der Waals surface area (Å²) in [5, 5.41) is 0. The van der Waals surface area contributed by atoms with Gasteiger partial charge in [0.25, 0.3) is 5.91 Å². The molecule has 0 atom stereocenters. The second kappa shape index (κ2) is 7.57. The zero-order chi connectivity index (χ0) is 17.6. The standard InChI is InChI=1S/C20H20N4O/c1-3-24(17-12-8-5-9-13-17)19-14-18(21-15-22-19)20(25)23(2)16-10-6-4-7-11-16/h4-15H,3H2,1-2H3. The first kappa shape index (κ1) is 16.6. The van der Waals surface area contributed by atoms with Crippen molar-refractivity contribution in [3.8, 4) is 0 Å². The molecule has 0 spiro atoms. The summed E-state index contributed by atoms with van der Waals surface area (Å²) in [6, 6.07) is 21.2. The molecule has 3 rings (SSSR count). The van der Waals surface area contributed by atoms with E-state index in [0.29, 0.717) is 11.5 Å². The van der Waals surface area contributed by atoms with Gasteiger partial charge >= 0.3 is 0 Å². The van der Waals surface area contributed by atoms with Crippen molar-refractivity contribution in [2.24, 2.45) is 0 Å². The molecule has 1 amide bonds. The molecule has 0 N–H and O–H groups in total. The minimum absolute atomic E-state index is 0.168. The molecule has 0 aliphatic carbocycles. The highest BCUT2D eigenvalue weighted by molar-refractivity contribution is 6.04. The summed E-state index contributed by atoms with van der Waals surface area (Å²) in [7, 11) is 1.74. The maximum absolute atomic E-state index is 12.8. The van der Waals surface area contributed by atoms with Crippen molar-refractivity contribution in [1.82, 2.24) is 9.97 Å². The van der Waals surface area contributed by atoms with Crippen LogP contribution in [0.25, 0.3) is 0 Å². The summed E-state index contributed by atoms with van der Waals surface area (Å²) >= 11 is 0. The van der Waals surface area contributed by atoms with Crippen molar-refractivity contribution in [1.29, 1.82) is 0 Å². The molecular formula is C20H20N4O. The second-order valence-corrected chi connectivity index (χ2v) is 5.54. The molecule has 1 heterocycles. The number of hydrogen-bond donors (Lipinski definition) is 0. The maximum atomic E-state index is 12.8. The lowest BCUT2D eigenvalue weighted by Gasteiger charge is -2.23. The van der Waals surface area contributed by atoms with Crippen LogP contribution in [0.4, 0.5) is 17.2 Å². The lowest BCUT2D eigenvalue weighted by molar-refractivity contribution is 0.0988. The molecule has 5 nitrogen and oxygen atoms in total. The molecule has 25 heavy (non-hydrogen) atoms. The molecule has 0 fully saturated rings. The molecule has 0 aliphatic heterocycles. The van der Waals surface area contributed by atoms with E-state index in [2.05, 4.69) is 9.97 Å². The first-order chi connectivity index (χ1) is 12.2. The topological polar surface area (TPSA) is 49.3 Å². The Morgan fingerprint density at radius 3 is 2.12 bits per heavy atom. The van der Waals surface area contributed by atoms with Crippen molar-refractivity contribution in [3.05, 3.63) is 78.8 Å². The van der Waals surface area contributed by atoms with Gasteiger partial charge in [-0.2, -0.15) is 0 Å². The Morgan fingerprint density at radius 1 is 0.920 bits per heavy atom. The average molecular weight is 332 g/mol. The number of para-hydroxylation sites is 2. The lowest BCUT2D eigenvalue weighted by Crippen LogP contribution is -2.27. The van der Waals surface area contributed by atoms with Gasteiger partial charge in [0.2, 0.25) is 0 Å². The monoisotopic (exact) mass is 332 g/mol. The number of amides is 1. The molecule has 0 unspecified atom stereocenters. The van der Waals surface area contributed by atoms with E-state index < -0.39 is 0 Å². The van der Waals surface area contributed by atoms with Gasteiger partial charge in [0.05, 0.1) is 0 Å². The number of carbonyl (C=O) groups excluding carboxylic acids is 1. The number of nitrogens with zero attached hydrogens (tertiary/aromatic N) is 4. The lowest BCUT2D eigenvalue weighted by atomic mass is 10.2. The van der Waals surface area contributed by atoms with Crippen LogP contribution in [0.15, 0.2) is 73.1 Å². The molecule has 5 heteroatoms. The predicted octanol–water partition coefficient (Wildman–Crippen LogP) is 3.91. The molecule has 3 aromatic rings. The van der Waals surface area contributed by atoms with Crippen LogP contribution in [0.5, 0.6) is 0 Å². The van der Waals surface area contributed by atoms with E-state index in [4.69, 9.17) is 0 Å². The molecule has 0 saturated carbocycles. The van der Waals surface area contributed by atoms with Gasteiger partial charge in [0, 0.05) is 31.0 Å². The average Bonchev–Trinajstić information content (AvgIpc) is 2.69. The summed E-state index contributed by atoms with van der Waals surface area (Å²) < 4.78 is 0. The summed E-state index contributed by atoms with van der Waals surface area (Å²) in [4.78, 5) is 24.9. The van der Waals surface area contributed by atoms with E-state index in [1.807, 2.05) is 72.5 Å². The zero-order valence-corrected chi connectivity index (χ0v) is 14.3. The summed E-state index contributed by atoms with van der Waals surface area (Å²) in [5.41, 5.74) is 2.22. The summed E-state index contributed by atoms with van der Waals surface area (Å²) in [6.45, 7) is 2.79. The normalized spacial score (nSPS) is 10.3. The third-order valence-corrected chi connectivity index (χ3v) is 3.98. The summed E-state index contributed by atoms with van der Waals surface area (Å²) in [5.74, 6) is 0.535. The fourth-order valence-corrected chi connectivity index (χ4v) is 2.64. The first-order valence-electron chi connectivity index (χ1n) is 8.18. The van der Waals surface area contributed by atoms with Crippen molar-refractivity contribution in [2.75, 3.05) is 23.4 Å². The fourth-order valence-electron chi connectivity index (χ4n) is 2.64. The van der Waals surface area contributed by atoms with Crippen LogP contribution in [0.2, 0.25) is 0 Å². The Labute approximate surface area is 147 Å². The van der Waals surface area contributed by atoms with Crippen molar-refractivity contribution < 1.29 is 4.79 Å². The highest BCUT2D eigenvalue weighted by Gasteiger charge is 2.17. The van der Waals surface area contributed by atoms with E-state index in [1.54, 1.807) is 18.0 Å². The number of anilines is 3. The maximum Gasteiger partial charge on any atom is 0.276 e. The Morgan fingerprint density at radius 2 is 1.52 bits per heavy atom. The molecule has 0 aliphatic rings. The zero-order valence-electron chi connectivity index (χ0n) is 14.3. The molecule has 0 bridgehead atoms. The van der Waals surface area contributed by atoms with E-state index in [-0.39, 0.29) is 5.91 Å². The van der Waals surface area contributed by atoms with Gasteiger partial charge in [-0.25, -0.2) is 9.97 Å².